The predicted molar refractivity (Wildman–Crippen MR) is 126 cm³/mol. The zero-order valence-electron chi connectivity index (χ0n) is 20.1. The number of nitrogens with two attached hydrogens (primary N) is 2. The van der Waals surface area contributed by atoms with Gasteiger partial charge in [0.2, 0.25) is 23.6 Å². The highest BCUT2D eigenvalue weighted by Gasteiger charge is 2.33. The first kappa shape index (κ1) is 29.5. The predicted octanol–water partition coefficient (Wildman–Crippen LogP) is -1.60. The number of amides is 4. The second kappa shape index (κ2) is 14.0. The third-order valence-corrected chi connectivity index (χ3v) is 5.24. The Morgan fingerprint density at radius 1 is 0.886 bits per heavy atom. The second-order valence-electron chi connectivity index (χ2n) is 8.66. The largest absolute Gasteiger partial charge is 0.480 e. The van der Waals surface area contributed by atoms with E-state index in [4.69, 9.17) is 11.5 Å². The summed E-state index contributed by atoms with van der Waals surface area (Å²) in [6.07, 6.45) is -1.65. The Morgan fingerprint density at radius 2 is 1.46 bits per heavy atom. The van der Waals surface area contributed by atoms with Crippen LogP contribution in [0.2, 0.25) is 0 Å². The minimum atomic E-state index is -1.46. The molecule has 0 aliphatic rings. The smallest absolute Gasteiger partial charge is 0.326 e. The topological polar surface area (TPSA) is 214 Å². The van der Waals surface area contributed by atoms with Gasteiger partial charge in [-0.05, 0) is 31.2 Å². The van der Waals surface area contributed by atoms with Gasteiger partial charge in [-0.3, -0.25) is 19.2 Å². The van der Waals surface area contributed by atoms with E-state index in [1.54, 1.807) is 38.1 Å². The summed E-state index contributed by atoms with van der Waals surface area (Å²) < 4.78 is 0. The van der Waals surface area contributed by atoms with Crippen LogP contribution in [0.1, 0.15) is 39.2 Å². The van der Waals surface area contributed by atoms with Crippen molar-refractivity contribution >= 4 is 29.6 Å². The van der Waals surface area contributed by atoms with Crippen LogP contribution in [0.4, 0.5) is 0 Å². The number of hydrogen-bond acceptors (Lipinski definition) is 7. The average Bonchev–Trinajstić information content (AvgIpc) is 2.77. The summed E-state index contributed by atoms with van der Waals surface area (Å²) >= 11 is 0. The molecule has 0 aromatic heterocycles. The number of primary amides is 1. The van der Waals surface area contributed by atoms with Gasteiger partial charge in [0.1, 0.15) is 18.1 Å². The molecule has 0 aliphatic heterocycles. The Bertz CT molecular complexity index is 892. The molecule has 194 valence electrons. The van der Waals surface area contributed by atoms with Crippen LogP contribution in [0.5, 0.6) is 0 Å². The SMILES string of the molecule is CC(C)C(NC(=O)C(CCC(N)=O)NC(=O)C(NC(=O)C(N)Cc1ccccc1)C(C)O)C(=O)O. The molecule has 35 heavy (non-hydrogen) atoms. The van der Waals surface area contributed by atoms with Crippen LogP contribution in [0, 0.1) is 5.92 Å². The maximum absolute atomic E-state index is 12.9. The Hall–Kier alpha value is -3.51. The van der Waals surface area contributed by atoms with Crippen molar-refractivity contribution in [2.45, 2.75) is 70.3 Å². The fraction of sp³-hybridized carbons (Fsp3) is 0.522. The van der Waals surface area contributed by atoms with Crippen LogP contribution in [0.25, 0.3) is 0 Å². The zero-order valence-corrected chi connectivity index (χ0v) is 20.1. The van der Waals surface area contributed by atoms with E-state index in [-0.39, 0.29) is 19.3 Å². The van der Waals surface area contributed by atoms with Gasteiger partial charge in [-0.2, -0.15) is 0 Å². The molecule has 12 heteroatoms. The minimum Gasteiger partial charge on any atom is -0.480 e. The maximum Gasteiger partial charge on any atom is 0.326 e. The molecular weight excluding hydrogens is 458 g/mol. The standard InChI is InChI=1S/C23H35N5O7/c1-12(2)18(23(34)35)27-21(32)16(9-10-17(25)30)26-22(33)19(13(3)29)28-20(31)15(24)11-14-7-5-4-6-8-14/h4-8,12-13,15-16,18-19,29H,9-11,24H2,1-3H3,(H2,25,30)(H,26,33)(H,27,32)(H,28,31)(H,34,35). The number of carboxylic acids is 1. The monoisotopic (exact) mass is 493 g/mol. The molecule has 0 saturated heterocycles. The van der Waals surface area contributed by atoms with Crippen molar-refractivity contribution in [2.75, 3.05) is 0 Å². The number of aliphatic carboxylic acids is 1. The summed E-state index contributed by atoms with van der Waals surface area (Å²) in [5.41, 5.74) is 11.9. The van der Waals surface area contributed by atoms with Crippen molar-refractivity contribution in [2.24, 2.45) is 17.4 Å². The Labute approximate surface area is 203 Å². The van der Waals surface area contributed by atoms with E-state index in [0.717, 1.165) is 5.56 Å². The molecule has 1 aromatic rings. The number of aliphatic hydroxyl groups excluding tert-OH is 1. The summed E-state index contributed by atoms with van der Waals surface area (Å²) in [6.45, 7) is 4.45. The summed E-state index contributed by atoms with van der Waals surface area (Å²) in [5.74, 6) is -4.92. The normalized spacial score (nSPS) is 15.3. The first-order valence-corrected chi connectivity index (χ1v) is 11.2. The number of aliphatic hydroxyl groups is 1. The molecule has 5 unspecified atom stereocenters. The fourth-order valence-electron chi connectivity index (χ4n) is 3.21. The lowest BCUT2D eigenvalue weighted by Crippen LogP contribution is -2.60. The number of hydrogen-bond donors (Lipinski definition) is 7. The molecule has 0 radical (unpaired) electrons. The highest BCUT2D eigenvalue weighted by Crippen LogP contribution is 2.07. The van der Waals surface area contributed by atoms with E-state index in [9.17, 15) is 34.2 Å². The molecule has 1 aromatic carbocycles. The highest BCUT2D eigenvalue weighted by molar-refractivity contribution is 5.94. The molecular formula is C23H35N5O7. The van der Waals surface area contributed by atoms with E-state index in [1.807, 2.05) is 6.07 Å². The van der Waals surface area contributed by atoms with E-state index >= 15 is 0 Å². The van der Waals surface area contributed by atoms with Crippen molar-refractivity contribution in [1.82, 2.24) is 16.0 Å². The van der Waals surface area contributed by atoms with Gasteiger partial charge in [-0.25, -0.2) is 4.79 Å². The summed E-state index contributed by atoms with van der Waals surface area (Å²) in [4.78, 5) is 60.8. The van der Waals surface area contributed by atoms with Crippen molar-refractivity contribution in [3.8, 4) is 0 Å². The Balaban J connectivity index is 2.95. The van der Waals surface area contributed by atoms with Gasteiger partial charge in [0, 0.05) is 6.42 Å². The second-order valence-corrected chi connectivity index (χ2v) is 8.66. The molecule has 0 bridgehead atoms. The Kier molecular flexibility index (Phi) is 11.8. The lowest BCUT2D eigenvalue weighted by molar-refractivity contribution is -0.143. The molecule has 9 N–H and O–H groups in total. The number of carbonyl (C=O) groups is 5. The van der Waals surface area contributed by atoms with Gasteiger partial charge in [-0.15, -0.1) is 0 Å². The molecule has 0 saturated carbocycles. The van der Waals surface area contributed by atoms with Crippen molar-refractivity contribution in [3.63, 3.8) is 0 Å². The van der Waals surface area contributed by atoms with Crippen LogP contribution in [-0.2, 0) is 30.4 Å². The molecule has 0 aliphatic carbocycles. The highest BCUT2D eigenvalue weighted by atomic mass is 16.4. The van der Waals surface area contributed by atoms with Crippen LogP contribution < -0.4 is 27.4 Å². The lowest BCUT2D eigenvalue weighted by Gasteiger charge is -2.27. The van der Waals surface area contributed by atoms with E-state index in [1.165, 1.54) is 6.92 Å². The molecule has 5 atom stereocenters. The number of rotatable bonds is 14. The van der Waals surface area contributed by atoms with Crippen LogP contribution in [0.15, 0.2) is 30.3 Å². The average molecular weight is 494 g/mol. The molecule has 0 spiro atoms. The fourth-order valence-corrected chi connectivity index (χ4v) is 3.21. The molecule has 0 fully saturated rings. The van der Waals surface area contributed by atoms with E-state index < -0.39 is 65.8 Å². The first-order valence-electron chi connectivity index (χ1n) is 11.2. The zero-order chi connectivity index (χ0) is 26.7. The summed E-state index contributed by atoms with van der Waals surface area (Å²) in [5, 5.41) is 26.5. The van der Waals surface area contributed by atoms with E-state index in [0.29, 0.717) is 0 Å². The Morgan fingerprint density at radius 3 is 1.94 bits per heavy atom. The summed E-state index contributed by atoms with van der Waals surface area (Å²) in [7, 11) is 0. The number of carbonyl (C=O) groups excluding carboxylic acids is 4. The first-order chi connectivity index (χ1) is 16.3. The quantitative estimate of drug-likeness (QED) is 0.160. The van der Waals surface area contributed by atoms with Gasteiger partial charge in [0.25, 0.3) is 0 Å². The number of carboxylic acid groups (broad SMARTS) is 1. The van der Waals surface area contributed by atoms with Crippen molar-refractivity contribution in [3.05, 3.63) is 35.9 Å². The van der Waals surface area contributed by atoms with Crippen molar-refractivity contribution in [1.29, 1.82) is 0 Å². The van der Waals surface area contributed by atoms with Gasteiger partial charge in [0.05, 0.1) is 12.1 Å². The van der Waals surface area contributed by atoms with Gasteiger partial charge < -0.3 is 37.6 Å². The third kappa shape index (κ3) is 10.1. The van der Waals surface area contributed by atoms with Crippen LogP contribution >= 0.6 is 0 Å². The molecule has 1 rings (SSSR count). The van der Waals surface area contributed by atoms with Crippen LogP contribution in [-0.4, -0.2) is 70.1 Å². The number of benzene rings is 1. The van der Waals surface area contributed by atoms with Gasteiger partial charge in [-0.1, -0.05) is 44.2 Å². The lowest BCUT2D eigenvalue weighted by atomic mass is 10.0. The molecule has 4 amide bonds. The molecule has 12 nitrogen and oxygen atoms in total. The van der Waals surface area contributed by atoms with Crippen LogP contribution in [0.3, 0.4) is 0 Å². The maximum atomic E-state index is 12.9. The minimum absolute atomic E-state index is 0.191. The number of nitrogens with one attached hydrogen (secondary N) is 3. The van der Waals surface area contributed by atoms with Crippen molar-refractivity contribution < 1.29 is 34.2 Å². The molecule has 0 heterocycles. The van der Waals surface area contributed by atoms with E-state index in [2.05, 4.69) is 16.0 Å². The summed E-state index contributed by atoms with van der Waals surface area (Å²) in [6, 6.07) is 3.91. The van der Waals surface area contributed by atoms with Gasteiger partial charge >= 0.3 is 5.97 Å². The van der Waals surface area contributed by atoms with Gasteiger partial charge in [0.15, 0.2) is 0 Å². The third-order valence-electron chi connectivity index (χ3n) is 5.24.